The van der Waals surface area contributed by atoms with Crippen LogP contribution >= 0.6 is 0 Å². The smallest absolute Gasteiger partial charge is 0.214 e. The molecule has 1 aliphatic heterocycles. The molecule has 3 aromatic rings. The Hall–Kier alpha value is -2.59. The van der Waals surface area contributed by atoms with E-state index in [1.165, 1.54) is 10.6 Å². The van der Waals surface area contributed by atoms with Crippen LogP contribution in [0.1, 0.15) is 6.92 Å². The van der Waals surface area contributed by atoms with E-state index in [0.717, 1.165) is 22.3 Å². The summed E-state index contributed by atoms with van der Waals surface area (Å²) in [7, 11) is -1.54. The number of H-pyrrole nitrogens is 1. The van der Waals surface area contributed by atoms with Crippen molar-refractivity contribution in [1.29, 1.82) is 0 Å². The van der Waals surface area contributed by atoms with E-state index in [0.29, 0.717) is 13.1 Å². The third kappa shape index (κ3) is 2.53. The van der Waals surface area contributed by atoms with Crippen LogP contribution in [0.2, 0.25) is 0 Å². The fourth-order valence-corrected chi connectivity index (χ4v) is 4.47. The lowest BCUT2D eigenvalue weighted by Crippen LogP contribution is -2.65. The Morgan fingerprint density at radius 3 is 2.92 bits per heavy atom. The summed E-state index contributed by atoms with van der Waals surface area (Å²) in [5.41, 5.74) is 1.82. The van der Waals surface area contributed by atoms with E-state index in [4.69, 9.17) is 0 Å². The van der Waals surface area contributed by atoms with E-state index in [1.54, 1.807) is 31.1 Å². The van der Waals surface area contributed by atoms with E-state index < -0.39 is 15.6 Å². The van der Waals surface area contributed by atoms with Crippen LogP contribution in [0.5, 0.6) is 0 Å². The fraction of sp³-hybridized carbons (Fsp3) is 0.375. The lowest BCUT2D eigenvalue weighted by Gasteiger charge is -2.46. The summed E-state index contributed by atoms with van der Waals surface area (Å²) in [6.07, 6.45) is 8.70. The first kappa shape index (κ1) is 16.9. The van der Waals surface area contributed by atoms with Gasteiger partial charge in [-0.05, 0) is 13.0 Å². The van der Waals surface area contributed by atoms with E-state index >= 15 is 0 Å². The monoisotopic (exact) mass is 373 g/mol. The summed E-state index contributed by atoms with van der Waals surface area (Å²) in [5.74, 6) is 0.0864. The van der Waals surface area contributed by atoms with Gasteiger partial charge in [0.2, 0.25) is 10.0 Å². The highest BCUT2D eigenvalue weighted by Gasteiger charge is 2.48. The minimum Gasteiger partial charge on any atom is -0.346 e. The summed E-state index contributed by atoms with van der Waals surface area (Å²) >= 11 is 0. The van der Waals surface area contributed by atoms with Crippen molar-refractivity contribution in [3.8, 4) is 11.3 Å². The average molecular weight is 373 g/mol. The molecule has 0 unspecified atom stereocenters. The van der Waals surface area contributed by atoms with Crippen LogP contribution in [-0.4, -0.2) is 69.6 Å². The van der Waals surface area contributed by atoms with Crippen LogP contribution in [0.25, 0.3) is 22.3 Å². The largest absolute Gasteiger partial charge is 0.346 e. The molecule has 10 heteroatoms. The zero-order chi connectivity index (χ0) is 18.4. The van der Waals surface area contributed by atoms with E-state index in [1.807, 2.05) is 18.5 Å². The lowest BCUT2D eigenvalue weighted by molar-refractivity contribution is 0.139. The number of aliphatic imine (C=N–C) groups is 1. The number of nitrogens with zero attached hydrogens (tertiary/aromatic N) is 6. The summed E-state index contributed by atoms with van der Waals surface area (Å²) in [6.45, 7) is 2.29. The number of sulfonamides is 1. The molecule has 1 saturated heterocycles. The van der Waals surface area contributed by atoms with Crippen molar-refractivity contribution in [2.45, 2.75) is 12.5 Å². The quantitative estimate of drug-likeness (QED) is 0.668. The van der Waals surface area contributed by atoms with Gasteiger partial charge in [0.1, 0.15) is 17.5 Å². The maximum Gasteiger partial charge on any atom is 0.214 e. The molecular formula is C16H19N7O2S. The molecule has 0 radical (unpaired) electrons. The summed E-state index contributed by atoms with van der Waals surface area (Å²) in [4.78, 5) is 15.8. The topological polar surface area (TPSA) is 109 Å². The number of hydrogen-bond donors (Lipinski definition) is 1. The molecule has 4 heterocycles. The van der Waals surface area contributed by atoms with Crippen LogP contribution in [0, 0.1) is 0 Å². The van der Waals surface area contributed by atoms with Crippen molar-refractivity contribution < 1.29 is 8.42 Å². The summed E-state index contributed by atoms with van der Waals surface area (Å²) in [6, 6.07) is 1.92. The number of rotatable bonds is 5. The van der Waals surface area contributed by atoms with Crippen molar-refractivity contribution in [2.75, 3.05) is 25.9 Å². The number of nitrogens with one attached hydrogen (secondary N) is 1. The van der Waals surface area contributed by atoms with Crippen molar-refractivity contribution in [3.05, 3.63) is 31.0 Å². The third-order valence-electron chi connectivity index (χ3n) is 4.69. The van der Waals surface area contributed by atoms with Crippen molar-refractivity contribution in [1.82, 2.24) is 29.0 Å². The Morgan fingerprint density at radius 2 is 2.19 bits per heavy atom. The second-order valence-corrected chi connectivity index (χ2v) is 8.55. The Morgan fingerprint density at radius 1 is 1.38 bits per heavy atom. The zero-order valence-electron chi connectivity index (χ0n) is 14.5. The molecule has 1 fully saturated rings. The average Bonchev–Trinajstić information content (AvgIpc) is 3.26. The number of aromatic amines is 1. The minimum atomic E-state index is -3.22. The minimum absolute atomic E-state index is 0.0864. The highest BCUT2D eigenvalue weighted by molar-refractivity contribution is 7.89. The Kier molecular flexibility index (Phi) is 3.88. The van der Waals surface area contributed by atoms with Crippen molar-refractivity contribution in [3.63, 3.8) is 0 Å². The van der Waals surface area contributed by atoms with Gasteiger partial charge in [-0.1, -0.05) is 0 Å². The molecule has 0 amide bonds. The van der Waals surface area contributed by atoms with Crippen LogP contribution < -0.4 is 0 Å². The lowest BCUT2D eigenvalue weighted by atomic mass is 9.94. The molecule has 0 saturated carbocycles. The van der Waals surface area contributed by atoms with E-state index in [9.17, 15) is 8.42 Å². The normalized spacial score (nSPS) is 17.8. The second kappa shape index (κ2) is 5.99. The molecule has 0 spiro atoms. The first-order valence-corrected chi connectivity index (χ1v) is 9.85. The van der Waals surface area contributed by atoms with Gasteiger partial charge in [0.25, 0.3) is 0 Å². The van der Waals surface area contributed by atoms with Gasteiger partial charge in [-0.2, -0.15) is 9.40 Å². The number of fused-ring (bicyclic) bond motifs is 1. The molecule has 0 bridgehead atoms. The third-order valence-corrected chi connectivity index (χ3v) is 6.47. The first-order valence-electron chi connectivity index (χ1n) is 8.24. The van der Waals surface area contributed by atoms with Gasteiger partial charge in [-0.3, -0.25) is 9.67 Å². The standard InChI is InChI=1S/C16H19N7O2S/c1-3-26(24,25)22-9-16(10-22,8-17-2)23-7-12(6-21-23)14-13-4-5-18-15(13)20-11-19-14/h4-8,11H,3,9-10H2,1-2H3,(H,18,19,20). The van der Waals surface area contributed by atoms with Crippen LogP contribution in [0.3, 0.4) is 0 Å². The predicted octanol–water partition coefficient (Wildman–Crippen LogP) is 0.883. The molecular weight excluding hydrogens is 354 g/mol. The molecule has 1 N–H and O–H groups in total. The Labute approximate surface area is 150 Å². The maximum absolute atomic E-state index is 12.1. The van der Waals surface area contributed by atoms with Gasteiger partial charge in [0.05, 0.1) is 17.6 Å². The molecule has 0 aliphatic carbocycles. The molecule has 1 aliphatic rings. The summed E-state index contributed by atoms with van der Waals surface area (Å²) < 4.78 is 27.4. The molecule has 9 nitrogen and oxygen atoms in total. The molecule has 0 aromatic carbocycles. The summed E-state index contributed by atoms with van der Waals surface area (Å²) in [5, 5.41) is 5.38. The molecule has 0 atom stereocenters. The van der Waals surface area contributed by atoms with Crippen LogP contribution in [0.15, 0.2) is 36.0 Å². The highest BCUT2D eigenvalue weighted by atomic mass is 32.2. The highest BCUT2D eigenvalue weighted by Crippen LogP contribution is 2.32. The van der Waals surface area contributed by atoms with Crippen LogP contribution in [-0.2, 0) is 15.6 Å². The van der Waals surface area contributed by atoms with Gasteiger partial charge in [-0.15, -0.1) is 0 Å². The maximum atomic E-state index is 12.1. The van der Waals surface area contributed by atoms with Gasteiger partial charge >= 0.3 is 0 Å². The molecule has 136 valence electrons. The van der Waals surface area contributed by atoms with E-state index in [2.05, 4.69) is 25.0 Å². The van der Waals surface area contributed by atoms with Gasteiger partial charge < -0.3 is 4.98 Å². The van der Waals surface area contributed by atoms with Crippen molar-refractivity contribution >= 4 is 27.3 Å². The second-order valence-electron chi connectivity index (χ2n) is 6.30. The number of aromatic nitrogens is 5. The number of hydrogen-bond acceptors (Lipinski definition) is 6. The SMILES string of the molecule is CCS(=O)(=O)N1CC(C=NC)(n2cc(-c3ncnc4[nH]ccc34)cn2)C1. The molecule has 3 aromatic heterocycles. The van der Waals surface area contributed by atoms with Crippen molar-refractivity contribution in [2.24, 2.45) is 4.99 Å². The Balaban J connectivity index is 1.70. The molecule has 4 rings (SSSR count). The molecule has 26 heavy (non-hydrogen) atoms. The zero-order valence-corrected chi connectivity index (χ0v) is 15.3. The fourth-order valence-electron chi connectivity index (χ4n) is 3.26. The first-order chi connectivity index (χ1) is 12.5. The van der Waals surface area contributed by atoms with E-state index in [-0.39, 0.29) is 5.75 Å². The van der Waals surface area contributed by atoms with Gasteiger partial charge in [-0.25, -0.2) is 18.4 Å². The Bertz CT molecular complexity index is 1080. The van der Waals surface area contributed by atoms with Crippen LogP contribution in [0.4, 0.5) is 0 Å². The van der Waals surface area contributed by atoms with Gasteiger partial charge in [0.15, 0.2) is 0 Å². The van der Waals surface area contributed by atoms with Gasteiger partial charge in [0, 0.05) is 49.7 Å². The predicted molar refractivity (Wildman–Crippen MR) is 98.5 cm³/mol.